The number of aromatic carboxylic acids is 2. The predicted molar refractivity (Wildman–Crippen MR) is 46.1 cm³/mol. The average Bonchev–Trinajstić information content (AvgIpc) is 2.04. The number of benzene rings is 1. The summed E-state index contributed by atoms with van der Waals surface area (Å²) in [6, 6.07) is 5.48. The van der Waals surface area contributed by atoms with Crippen molar-refractivity contribution in [3.63, 3.8) is 0 Å². The number of carboxylic acids is 2. The maximum Gasteiger partial charge on any atom is 0.336 e. The molecule has 4 nitrogen and oxygen atoms in total. The molecule has 2 N–H and O–H groups in total. The van der Waals surface area contributed by atoms with E-state index in [0.29, 0.717) is 0 Å². The summed E-state index contributed by atoms with van der Waals surface area (Å²) in [5.41, 5.74) is -0.380. The molecule has 13 heavy (non-hydrogen) atoms. The third-order valence-electron chi connectivity index (χ3n) is 1.39. The maximum absolute atomic E-state index is 10.5. The Morgan fingerprint density at radius 1 is 0.923 bits per heavy atom. The van der Waals surface area contributed by atoms with Gasteiger partial charge in [0.05, 0.1) is 11.1 Å². The van der Waals surface area contributed by atoms with Crippen LogP contribution in [-0.4, -0.2) is 46.6 Å². The summed E-state index contributed by atoms with van der Waals surface area (Å²) in [7, 11) is 0. The molecule has 0 aromatic heterocycles. The van der Waals surface area contributed by atoms with Crippen LogP contribution in [0.4, 0.5) is 0 Å². The van der Waals surface area contributed by atoms with Gasteiger partial charge >= 0.3 is 11.9 Å². The zero-order valence-electron chi connectivity index (χ0n) is 6.47. The summed E-state index contributed by atoms with van der Waals surface area (Å²) < 4.78 is 0. The average molecular weight is 288 g/mol. The first-order valence-electron chi connectivity index (χ1n) is 3.18. The van der Waals surface area contributed by atoms with Crippen LogP contribution in [0.25, 0.3) is 0 Å². The molecular weight excluding hydrogens is 282 g/mol. The van der Waals surface area contributed by atoms with Crippen LogP contribution >= 0.6 is 0 Å². The van der Waals surface area contributed by atoms with Crippen LogP contribution in [0.3, 0.4) is 0 Å². The van der Waals surface area contributed by atoms with Gasteiger partial charge in [0.15, 0.2) is 0 Å². The molecule has 5 heteroatoms. The van der Waals surface area contributed by atoms with Gasteiger partial charge in [0.25, 0.3) is 0 Å². The Labute approximate surface area is 91.6 Å². The van der Waals surface area contributed by atoms with Gasteiger partial charge in [-0.1, -0.05) is 12.1 Å². The van der Waals surface area contributed by atoms with E-state index in [9.17, 15) is 9.59 Å². The summed E-state index contributed by atoms with van der Waals surface area (Å²) in [4.78, 5) is 20.9. The van der Waals surface area contributed by atoms with Gasteiger partial charge in [-0.15, -0.1) is 0 Å². The second kappa shape index (κ2) is 4.87. The number of carboxylic acid groups (broad SMARTS) is 2. The standard InChI is InChI=1S/C8H6O4.Sb/c9-7(10)5-3-1-2-4-6(5)8(11)12;/h1-4H,(H,9,10)(H,11,12);. The molecule has 0 saturated heterocycles. The first-order valence-corrected chi connectivity index (χ1v) is 3.18. The van der Waals surface area contributed by atoms with Crippen molar-refractivity contribution in [2.24, 2.45) is 0 Å². The molecular formula is C8H6O4Sb. The van der Waals surface area contributed by atoms with E-state index in [0.717, 1.165) is 0 Å². The molecule has 3 radical (unpaired) electrons. The summed E-state index contributed by atoms with van der Waals surface area (Å²) in [6.07, 6.45) is 0. The monoisotopic (exact) mass is 287 g/mol. The Morgan fingerprint density at radius 2 is 1.23 bits per heavy atom. The third kappa shape index (κ3) is 2.74. The molecule has 0 aliphatic rings. The van der Waals surface area contributed by atoms with Crippen LogP contribution in [0.5, 0.6) is 0 Å². The smallest absolute Gasteiger partial charge is 0.336 e. The molecule has 0 unspecified atom stereocenters. The van der Waals surface area contributed by atoms with Gasteiger partial charge in [0.1, 0.15) is 0 Å². The summed E-state index contributed by atoms with van der Waals surface area (Å²) in [6.45, 7) is 0. The second-order valence-electron chi connectivity index (χ2n) is 2.16. The van der Waals surface area contributed by atoms with E-state index in [-0.39, 0.29) is 35.6 Å². The van der Waals surface area contributed by atoms with Gasteiger partial charge in [-0.2, -0.15) is 0 Å². The molecule has 0 aliphatic heterocycles. The van der Waals surface area contributed by atoms with E-state index < -0.39 is 11.9 Å². The predicted octanol–water partition coefficient (Wildman–Crippen LogP) is 0.702. The van der Waals surface area contributed by atoms with E-state index in [2.05, 4.69) is 0 Å². The molecule has 0 bridgehead atoms. The topological polar surface area (TPSA) is 74.6 Å². The van der Waals surface area contributed by atoms with Crippen molar-refractivity contribution >= 4 is 36.4 Å². The number of hydrogen-bond acceptors (Lipinski definition) is 2. The minimum absolute atomic E-state index is 0. The Hall–Kier alpha value is -1.02. The second-order valence-corrected chi connectivity index (χ2v) is 2.16. The van der Waals surface area contributed by atoms with Crippen LogP contribution < -0.4 is 0 Å². The molecule has 0 atom stereocenters. The van der Waals surface area contributed by atoms with Crippen molar-refractivity contribution in [2.75, 3.05) is 0 Å². The molecule has 1 aromatic carbocycles. The Morgan fingerprint density at radius 3 is 1.46 bits per heavy atom. The van der Waals surface area contributed by atoms with E-state index >= 15 is 0 Å². The van der Waals surface area contributed by atoms with Crippen LogP contribution in [0.15, 0.2) is 24.3 Å². The van der Waals surface area contributed by atoms with Crippen molar-refractivity contribution in [3.8, 4) is 0 Å². The zero-order chi connectivity index (χ0) is 9.14. The first-order chi connectivity index (χ1) is 5.63. The van der Waals surface area contributed by atoms with Crippen molar-refractivity contribution in [1.82, 2.24) is 0 Å². The maximum atomic E-state index is 10.5. The van der Waals surface area contributed by atoms with Crippen molar-refractivity contribution in [2.45, 2.75) is 0 Å². The normalized spacial score (nSPS) is 8.62. The summed E-state index contributed by atoms with van der Waals surface area (Å²) >= 11 is 0. The third-order valence-corrected chi connectivity index (χ3v) is 1.39. The molecule has 67 valence electrons. The number of hydrogen-bond donors (Lipinski definition) is 2. The van der Waals surface area contributed by atoms with Crippen LogP contribution in [0.2, 0.25) is 0 Å². The van der Waals surface area contributed by atoms with Gasteiger partial charge in [-0.3, -0.25) is 0 Å². The quantitative estimate of drug-likeness (QED) is 0.786. The minimum atomic E-state index is -1.23. The Kier molecular flexibility index (Phi) is 4.49. The van der Waals surface area contributed by atoms with Gasteiger partial charge in [-0.05, 0) is 12.1 Å². The fourth-order valence-electron chi connectivity index (χ4n) is 0.856. The number of carbonyl (C=O) groups is 2. The molecule has 0 spiro atoms. The fourth-order valence-corrected chi connectivity index (χ4v) is 0.856. The molecule has 0 heterocycles. The van der Waals surface area contributed by atoms with Crippen LogP contribution in [0.1, 0.15) is 20.7 Å². The fraction of sp³-hybridized carbons (Fsp3) is 0. The van der Waals surface area contributed by atoms with Gasteiger partial charge in [0.2, 0.25) is 0 Å². The van der Waals surface area contributed by atoms with Gasteiger partial charge in [0, 0.05) is 24.4 Å². The van der Waals surface area contributed by atoms with Gasteiger partial charge in [-0.25, -0.2) is 9.59 Å². The molecule has 0 saturated carbocycles. The minimum Gasteiger partial charge on any atom is -0.478 e. The SMILES string of the molecule is O=C(O)c1ccccc1C(=O)O.[Sb]. The van der Waals surface area contributed by atoms with E-state index in [1.807, 2.05) is 0 Å². The summed E-state index contributed by atoms with van der Waals surface area (Å²) in [5, 5.41) is 17.1. The Balaban J connectivity index is 0.00000144. The Bertz CT molecular complexity index is 302. The van der Waals surface area contributed by atoms with Crippen molar-refractivity contribution in [3.05, 3.63) is 35.4 Å². The van der Waals surface area contributed by atoms with Crippen molar-refractivity contribution < 1.29 is 19.8 Å². The molecule has 1 rings (SSSR count). The van der Waals surface area contributed by atoms with E-state index in [1.165, 1.54) is 24.3 Å². The van der Waals surface area contributed by atoms with Crippen molar-refractivity contribution in [1.29, 1.82) is 0 Å². The van der Waals surface area contributed by atoms with Gasteiger partial charge < -0.3 is 10.2 Å². The molecule has 0 amide bonds. The largest absolute Gasteiger partial charge is 0.478 e. The van der Waals surface area contributed by atoms with E-state index in [1.54, 1.807) is 0 Å². The van der Waals surface area contributed by atoms with Crippen LogP contribution in [-0.2, 0) is 0 Å². The summed E-state index contributed by atoms with van der Waals surface area (Å²) in [5.74, 6) is -2.46. The molecule has 0 aliphatic carbocycles. The zero-order valence-corrected chi connectivity index (χ0v) is 9.02. The molecule has 1 aromatic rings. The van der Waals surface area contributed by atoms with E-state index in [4.69, 9.17) is 10.2 Å². The first kappa shape index (κ1) is 12.0. The van der Waals surface area contributed by atoms with Crippen LogP contribution in [0, 0.1) is 0 Å². The number of rotatable bonds is 2. The molecule has 0 fully saturated rings.